The van der Waals surface area contributed by atoms with Gasteiger partial charge in [-0.25, -0.2) is 9.78 Å². The van der Waals surface area contributed by atoms with Crippen LogP contribution in [0.1, 0.15) is 52.0 Å². The van der Waals surface area contributed by atoms with E-state index < -0.39 is 17.7 Å². The lowest BCUT2D eigenvalue weighted by Crippen LogP contribution is -2.70. The van der Waals surface area contributed by atoms with Gasteiger partial charge in [-0.3, -0.25) is 4.90 Å². The van der Waals surface area contributed by atoms with Crippen molar-refractivity contribution in [1.82, 2.24) is 4.90 Å². The fraction of sp³-hybridized carbons (Fsp3) is 0.625. The molecule has 6 aliphatic rings. The fourth-order valence-electron chi connectivity index (χ4n) is 7.88. The Morgan fingerprint density at radius 2 is 1.64 bits per heavy atom. The third-order valence-electron chi connectivity index (χ3n) is 10.2. The van der Waals surface area contributed by atoms with E-state index in [-0.39, 0.29) is 18.1 Å². The van der Waals surface area contributed by atoms with E-state index in [2.05, 4.69) is 78.2 Å². The highest BCUT2D eigenvalue weighted by Gasteiger charge is 2.69. The van der Waals surface area contributed by atoms with Crippen molar-refractivity contribution in [2.45, 2.75) is 77.0 Å². The molecular weight excluding hydrogens is 492 g/mol. The fourth-order valence-corrected chi connectivity index (χ4v) is 7.88. The van der Waals surface area contributed by atoms with E-state index in [1.165, 1.54) is 17.7 Å². The van der Waals surface area contributed by atoms with Crippen LogP contribution in [0.25, 0.3) is 0 Å². The zero-order valence-electron chi connectivity index (χ0n) is 23.5. The minimum Gasteiger partial charge on any atom is -0.465 e. The molecule has 7 heteroatoms. The number of rotatable bonds is 5. The van der Waals surface area contributed by atoms with Gasteiger partial charge in [0, 0.05) is 56.7 Å². The largest absolute Gasteiger partial charge is 0.465 e. The van der Waals surface area contributed by atoms with Crippen molar-refractivity contribution in [3.8, 4) is 5.75 Å². The quantitative estimate of drug-likeness (QED) is 0.463. The molecule has 5 saturated heterocycles. The first-order valence-electron chi connectivity index (χ1n) is 14.9. The Morgan fingerprint density at radius 1 is 0.872 bits per heavy atom. The number of anilines is 1. The molecule has 8 atom stereocenters. The van der Waals surface area contributed by atoms with Crippen LogP contribution in [-0.4, -0.2) is 55.0 Å². The molecule has 8 rings (SSSR count). The van der Waals surface area contributed by atoms with E-state index in [1.807, 2.05) is 6.92 Å². The molecule has 0 amide bonds. The second-order valence-electron chi connectivity index (χ2n) is 12.6. The van der Waals surface area contributed by atoms with Crippen LogP contribution >= 0.6 is 0 Å². The van der Waals surface area contributed by atoms with Crippen LogP contribution in [-0.2, 0) is 25.8 Å². The van der Waals surface area contributed by atoms with Crippen LogP contribution in [0.4, 0.5) is 5.69 Å². The molecule has 39 heavy (non-hydrogen) atoms. The van der Waals surface area contributed by atoms with Gasteiger partial charge in [0.25, 0.3) is 0 Å². The first-order valence-corrected chi connectivity index (χ1v) is 14.9. The first kappa shape index (κ1) is 25.8. The maximum Gasteiger partial charge on any atom is 0.205 e. The summed E-state index contributed by atoms with van der Waals surface area (Å²) < 4.78 is 19.6. The molecule has 2 aromatic rings. The van der Waals surface area contributed by atoms with Gasteiger partial charge in [0.15, 0.2) is 11.9 Å². The molecule has 0 unspecified atom stereocenters. The summed E-state index contributed by atoms with van der Waals surface area (Å²) in [7, 11) is 0. The highest BCUT2D eigenvalue weighted by atomic mass is 17.3. The summed E-state index contributed by atoms with van der Waals surface area (Å²) in [5.74, 6) is 1.41. The Balaban J connectivity index is 0.999. The van der Waals surface area contributed by atoms with Gasteiger partial charge in [0.05, 0.1) is 0 Å². The van der Waals surface area contributed by atoms with Crippen LogP contribution in [0.15, 0.2) is 54.6 Å². The normalized spacial score (nSPS) is 40.1. The summed E-state index contributed by atoms with van der Waals surface area (Å²) in [6, 6.07) is 19.3. The van der Waals surface area contributed by atoms with Gasteiger partial charge >= 0.3 is 0 Å². The minimum atomic E-state index is -0.767. The Kier molecular flexibility index (Phi) is 6.63. The molecule has 6 fully saturated rings. The molecule has 0 N–H and O–H groups in total. The molecular formula is C32H42N2O5. The summed E-state index contributed by atoms with van der Waals surface area (Å²) >= 11 is 0. The summed E-state index contributed by atoms with van der Waals surface area (Å²) in [5, 5.41) is 0. The highest BCUT2D eigenvalue weighted by Crippen LogP contribution is 2.60. The zero-order valence-corrected chi connectivity index (χ0v) is 23.5. The monoisotopic (exact) mass is 534 g/mol. The van der Waals surface area contributed by atoms with Crippen molar-refractivity contribution in [3.63, 3.8) is 0 Å². The van der Waals surface area contributed by atoms with E-state index >= 15 is 0 Å². The highest BCUT2D eigenvalue weighted by molar-refractivity contribution is 5.46. The molecule has 1 aliphatic carbocycles. The predicted octanol–water partition coefficient (Wildman–Crippen LogP) is 5.60. The molecule has 2 aromatic carbocycles. The van der Waals surface area contributed by atoms with Crippen LogP contribution in [0, 0.1) is 23.7 Å². The van der Waals surface area contributed by atoms with Gasteiger partial charge in [-0.2, -0.15) is 0 Å². The average Bonchev–Trinajstić information content (AvgIpc) is 3.19. The Hall–Kier alpha value is -2.16. The number of para-hydroxylation sites is 1. The van der Waals surface area contributed by atoms with Gasteiger partial charge in [-0.05, 0) is 67.9 Å². The maximum atomic E-state index is 6.60. The second kappa shape index (κ2) is 10.0. The first-order chi connectivity index (χ1) is 18.9. The van der Waals surface area contributed by atoms with Crippen LogP contribution in [0.3, 0.4) is 0 Å². The van der Waals surface area contributed by atoms with E-state index in [0.717, 1.165) is 57.7 Å². The van der Waals surface area contributed by atoms with E-state index in [0.29, 0.717) is 11.8 Å². The molecule has 0 radical (unpaired) electrons. The summed E-state index contributed by atoms with van der Waals surface area (Å²) in [4.78, 5) is 17.2. The number of nitrogens with zero attached hydrogens (tertiary/aromatic N) is 2. The smallest absolute Gasteiger partial charge is 0.205 e. The molecule has 5 aliphatic heterocycles. The van der Waals surface area contributed by atoms with Gasteiger partial charge in [-0.15, -0.1) is 0 Å². The van der Waals surface area contributed by atoms with Gasteiger partial charge in [0.1, 0.15) is 5.75 Å². The van der Waals surface area contributed by atoms with Crippen molar-refractivity contribution in [2.24, 2.45) is 23.7 Å². The van der Waals surface area contributed by atoms with Crippen molar-refractivity contribution in [3.05, 3.63) is 60.2 Å². The number of benzene rings is 2. The average molecular weight is 535 g/mol. The topological polar surface area (TPSA) is 52.6 Å². The SMILES string of the molecule is C[C@H]1[C@@H](Oc2ccc(CN3CCN(c4ccccc4)CC3)cc2)O[C@@H]2O[C@@]3(C)CC[C@H]4[C@H](C)CC[C@@H]1[C@@]24OO3. The number of ether oxygens (including phenoxy) is 3. The summed E-state index contributed by atoms with van der Waals surface area (Å²) in [6.45, 7) is 11.7. The molecule has 0 aromatic heterocycles. The van der Waals surface area contributed by atoms with Crippen LogP contribution < -0.4 is 9.64 Å². The summed E-state index contributed by atoms with van der Waals surface area (Å²) in [6.07, 6.45) is 3.25. The number of fused-ring (bicyclic) bond motifs is 2. The van der Waals surface area contributed by atoms with Crippen molar-refractivity contribution >= 4 is 5.69 Å². The maximum absolute atomic E-state index is 6.60. The molecule has 1 saturated carbocycles. The Morgan fingerprint density at radius 3 is 2.41 bits per heavy atom. The van der Waals surface area contributed by atoms with Gasteiger partial charge in [-0.1, -0.05) is 44.2 Å². The Labute approximate surface area is 232 Å². The van der Waals surface area contributed by atoms with Crippen LogP contribution in [0.2, 0.25) is 0 Å². The van der Waals surface area contributed by atoms with Gasteiger partial charge in [0.2, 0.25) is 12.1 Å². The van der Waals surface area contributed by atoms with Crippen LogP contribution in [0.5, 0.6) is 5.75 Å². The standard InChI is InChI=1S/C32H42N2O5/c1-22-9-14-28-23(2)29(36-30-32(28)27(22)15-16-31(3,37-30)38-39-32)35-26-12-10-24(11-13-26)21-33-17-19-34(20-18-33)25-7-5-4-6-8-25/h4-8,10-13,22-23,27-30H,9,14-21H2,1-3H3/t22-,23-,27+,28+,29+,30-,31-,32-/m1/s1. The Bertz CT molecular complexity index is 1140. The van der Waals surface area contributed by atoms with Crippen molar-refractivity contribution < 1.29 is 24.0 Å². The lowest BCUT2D eigenvalue weighted by atomic mass is 9.58. The molecule has 210 valence electrons. The van der Waals surface area contributed by atoms with Crippen molar-refractivity contribution in [2.75, 3.05) is 31.1 Å². The second-order valence-corrected chi connectivity index (χ2v) is 12.6. The minimum absolute atomic E-state index is 0.159. The third kappa shape index (κ3) is 4.56. The summed E-state index contributed by atoms with van der Waals surface area (Å²) in [5.41, 5.74) is 2.07. The molecule has 5 heterocycles. The number of piperazine rings is 1. The molecule has 1 spiro atoms. The number of hydrogen-bond donors (Lipinski definition) is 0. The molecule has 7 nitrogen and oxygen atoms in total. The van der Waals surface area contributed by atoms with E-state index in [1.54, 1.807) is 0 Å². The van der Waals surface area contributed by atoms with Crippen molar-refractivity contribution in [1.29, 1.82) is 0 Å². The zero-order chi connectivity index (χ0) is 26.6. The van der Waals surface area contributed by atoms with Gasteiger partial charge < -0.3 is 19.1 Å². The van der Waals surface area contributed by atoms with E-state index in [9.17, 15) is 0 Å². The predicted molar refractivity (Wildman–Crippen MR) is 148 cm³/mol. The molecule has 2 bridgehead atoms. The van der Waals surface area contributed by atoms with E-state index in [4.69, 9.17) is 24.0 Å². The number of hydrogen-bond acceptors (Lipinski definition) is 7. The lowest BCUT2D eigenvalue weighted by molar-refractivity contribution is -0.575. The lowest BCUT2D eigenvalue weighted by Gasteiger charge is -2.60. The third-order valence-corrected chi connectivity index (χ3v) is 10.2.